The van der Waals surface area contributed by atoms with Gasteiger partial charge in [-0.05, 0) is 55.5 Å². The standard InChI is InChI=1S/C28H20N6O3/c1-17-14-25(34(32-17)24-12-10-18-6-2-3-8-23(18)30-24)31-26(35)19-9-11-21-22(15-19)28(37)33(27(21)36)16-20-7-4-5-13-29-20/h2-15H,16H2,1H3,(H,31,35). The van der Waals surface area contributed by atoms with E-state index in [1.807, 2.05) is 43.3 Å². The Labute approximate surface area is 211 Å². The number of amides is 3. The Morgan fingerprint density at radius 1 is 0.892 bits per heavy atom. The number of para-hydroxylation sites is 1. The van der Waals surface area contributed by atoms with Crippen molar-refractivity contribution in [2.75, 3.05) is 5.32 Å². The van der Waals surface area contributed by atoms with Crippen LogP contribution in [0, 0.1) is 6.92 Å². The highest BCUT2D eigenvalue weighted by molar-refractivity contribution is 6.22. The molecule has 180 valence electrons. The predicted molar refractivity (Wildman–Crippen MR) is 136 cm³/mol. The quantitative estimate of drug-likeness (QED) is 0.372. The highest BCUT2D eigenvalue weighted by atomic mass is 16.2. The molecule has 3 amide bonds. The van der Waals surface area contributed by atoms with Gasteiger partial charge in [-0.1, -0.05) is 24.3 Å². The van der Waals surface area contributed by atoms with Crippen molar-refractivity contribution < 1.29 is 14.4 Å². The summed E-state index contributed by atoms with van der Waals surface area (Å²) in [4.78, 5) is 49.0. The molecule has 0 atom stereocenters. The molecule has 0 saturated heterocycles. The van der Waals surface area contributed by atoms with Gasteiger partial charge in [-0.3, -0.25) is 24.3 Å². The number of fused-ring (bicyclic) bond motifs is 2. The first-order valence-electron chi connectivity index (χ1n) is 11.6. The van der Waals surface area contributed by atoms with Gasteiger partial charge in [-0.15, -0.1) is 0 Å². The molecule has 1 aliphatic heterocycles. The molecule has 3 aromatic heterocycles. The summed E-state index contributed by atoms with van der Waals surface area (Å²) >= 11 is 0. The van der Waals surface area contributed by atoms with Crippen LogP contribution in [0.2, 0.25) is 0 Å². The van der Waals surface area contributed by atoms with Gasteiger partial charge in [0, 0.05) is 23.2 Å². The average Bonchev–Trinajstić information content (AvgIpc) is 3.40. The normalized spacial score (nSPS) is 12.7. The number of rotatable bonds is 5. The van der Waals surface area contributed by atoms with Crippen molar-refractivity contribution in [2.45, 2.75) is 13.5 Å². The lowest BCUT2D eigenvalue weighted by Crippen LogP contribution is -2.29. The molecule has 4 heterocycles. The summed E-state index contributed by atoms with van der Waals surface area (Å²) in [7, 11) is 0. The van der Waals surface area contributed by atoms with Crippen LogP contribution in [0.25, 0.3) is 16.7 Å². The van der Waals surface area contributed by atoms with Gasteiger partial charge in [0.1, 0.15) is 5.82 Å². The van der Waals surface area contributed by atoms with Gasteiger partial charge < -0.3 is 5.32 Å². The Morgan fingerprint density at radius 2 is 1.70 bits per heavy atom. The van der Waals surface area contributed by atoms with Crippen molar-refractivity contribution in [3.05, 3.63) is 113 Å². The van der Waals surface area contributed by atoms with Crippen molar-refractivity contribution in [2.24, 2.45) is 0 Å². The van der Waals surface area contributed by atoms with Crippen LogP contribution in [0.3, 0.4) is 0 Å². The maximum atomic E-state index is 13.2. The number of aryl methyl sites for hydroxylation is 1. The molecule has 0 unspecified atom stereocenters. The second-order valence-corrected chi connectivity index (χ2v) is 8.68. The van der Waals surface area contributed by atoms with E-state index < -0.39 is 17.7 Å². The molecule has 0 saturated carbocycles. The van der Waals surface area contributed by atoms with Gasteiger partial charge >= 0.3 is 0 Å². The number of imide groups is 1. The molecule has 2 aromatic carbocycles. The third-order valence-electron chi connectivity index (χ3n) is 6.15. The van der Waals surface area contributed by atoms with Crippen LogP contribution in [0.15, 0.2) is 85.1 Å². The summed E-state index contributed by atoms with van der Waals surface area (Å²) in [6.45, 7) is 1.88. The summed E-state index contributed by atoms with van der Waals surface area (Å²) in [6.07, 6.45) is 1.61. The lowest BCUT2D eigenvalue weighted by molar-refractivity contribution is 0.0640. The molecule has 1 N–H and O–H groups in total. The molecule has 0 fully saturated rings. The van der Waals surface area contributed by atoms with Gasteiger partial charge in [0.05, 0.1) is 34.6 Å². The molecular formula is C28H20N6O3. The fourth-order valence-corrected chi connectivity index (χ4v) is 4.35. The van der Waals surface area contributed by atoms with Crippen LogP contribution in [0.1, 0.15) is 42.5 Å². The maximum absolute atomic E-state index is 13.2. The summed E-state index contributed by atoms with van der Waals surface area (Å²) in [5, 5.41) is 8.35. The third kappa shape index (κ3) is 4.02. The van der Waals surface area contributed by atoms with E-state index in [0.717, 1.165) is 15.8 Å². The van der Waals surface area contributed by atoms with E-state index in [1.54, 1.807) is 35.1 Å². The van der Waals surface area contributed by atoms with Crippen LogP contribution in [0.4, 0.5) is 5.82 Å². The highest BCUT2D eigenvalue weighted by Crippen LogP contribution is 2.26. The van der Waals surface area contributed by atoms with Crippen molar-refractivity contribution in [3.8, 4) is 5.82 Å². The fourth-order valence-electron chi connectivity index (χ4n) is 4.35. The average molecular weight is 489 g/mol. The Kier molecular flexibility index (Phi) is 5.30. The lowest BCUT2D eigenvalue weighted by atomic mass is 10.1. The van der Waals surface area contributed by atoms with Crippen LogP contribution >= 0.6 is 0 Å². The van der Waals surface area contributed by atoms with E-state index in [-0.39, 0.29) is 23.2 Å². The largest absolute Gasteiger partial charge is 0.306 e. The van der Waals surface area contributed by atoms with E-state index in [4.69, 9.17) is 0 Å². The molecule has 9 heteroatoms. The van der Waals surface area contributed by atoms with Crippen molar-refractivity contribution >= 4 is 34.4 Å². The Bertz CT molecular complexity index is 1710. The van der Waals surface area contributed by atoms with Crippen LogP contribution in [-0.4, -0.2) is 42.4 Å². The SMILES string of the molecule is Cc1cc(NC(=O)c2ccc3c(c2)C(=O)N(Cc2ccccn2)C3=O)n(-c2ccc3ccccc3n2)n1. The van der Waals surface area contributed by atoms with Crippen molar-refractivity contribution in [1.82, 2.24) is 24.6 Å². The Balaban J connectivity index is 1.27. The maximum Gasteiger partial charge on any atom is 0.261 e. The molecule has 0 aliphatic carbocycles. The number of carbonyl (C=O) groups is 3. The fraction of sp³-hybridized carbons (Fsp3) is 0.0714. The highest BCUT2D eigenvalue weighted by Gasteiger charge is 2.36. The second kappa shape index (κ2) is 8.80. The van der Waals surface area contributed by atoms with Crippen LogP contribution < -0.4 is 5.32 Å². The minimum absolute atomic E-state index is 0.0614. The number of aromatic nitrogens is 4. The topological polar surface area (TPSA) is 110 Å². The van der Waals surface area contributed by atoms with Gasteiger partial charge in [-0.2, -0.15) is 9.78 Å². The Morgan fingerprint density at radius 3 is 2.54 bits per heavy atom. The summed E-state index contributed by atoms with van der Waals surface area (Å²) < 4.78 is 1.57. The van der Waals surface area contributed by atoms with E-state index in [0.29, 0.717) is 23.0 Å². The first kappa shape index (κ1) is 22.3. The van der Waals surface area contributed by atoms with Crippen molar-refractivity contribution in [3.63, 3.8) is 0 Å². The number of nitrogens with zero attached hydrogens (tertiary/aromatic N) is 5. The Hall–Kier alpha value is -5.18. The zero-order valence-corrected chi connectivity index (χ0v) is 19.8. The predicted octanol–water partition coefficient (Wildman–Crippen LogP) is 4.17. The van der Waals surface area contributed by atoms with Gasteiger partial charge in [0.25, 0.3) is 17.7 Å². The van der Waals surface area contributed by atoms with Gasteiger partial charge in [0.15, 0.2) is 5.82 Å². The molecule has 0 bridgehead atoms. The number of hydrogen-bond acceptors (Lipinski definition) is 6. The smallest absolute Gasteiger partial charge is 0.261 e. The summed E-state index contributed by atoms with van der Waals surface area (Å²) in [6, 6.07) is 23.1. The second-order valence-electron chi connectivity index (χ2n) is 8.68. The molecule has 37 heavy (non-hydrogen) atoms. The molecular weight excluding hydrogens is 468 g/mol. The van der Waals surface area contributed by atoms with Crippen LogP contribution in [0.5, 0.6) is 0 Å². The lowest BCUT2D eigenvalue weighted by Gasteiger charge is -2.12. The summed E-state index contributed by atoms with van der Waals surface area (Å²) in [5.74, 6) is -0.310. The van der Waals surface area contributed by atoms with E-state index in [9.17, 15) is 14.4 Å². The molecule has 0 radical (unpaired) electrons. The zero-order chi connectivity index (χ0) is 25.5. The van der Waals surface area contributed by atoms with E-state index in [2.05, 4.69) is 20.4 Å². The number of hydrogen-bond donors (Lipinski definition) is 1. The molecule has 5 aromatic rings. The molecule has 0 spiro atoms. The van der Waals surface area contributed by atoms with Crippen molar-refractivity contribution in [1.29, 1.82) is 0 Å². The number of benzene rings is 2. The van der Waals surface area contributed by atoms with Gasteiger partial charge in [0.2, 0.25) is 0 Å². The van der Waals surface area contributed by atoms with E-state index in [1.165, 1.54) is 18.2 Å². The number of nitrogens with one attached hydrogen (secondary N) is 1. The number of anilines is 1. The first-order chi connectivity index (χ1) is 18.0. The molecule has 1 aliphatic rings. The van der Waals surface area contributed by atoms with E-state index >= 15 is 0 Å². The zero-order valence-electron chi connectivity index (χ0n) is 19.8. The first-order valence-corrected chi connectivity index (χ1v) is 11.6. The molecule has 9 nitrogen and oxygen atoms in total. The monoisotopic (exact) mass is 488 g/mol. The van der Waals surface area contributed by atoms with Gasteiger partial charge in [-0.25, -0.2) is 4.98 Å². The minimum Gasteiger partial charge on any atom is -0.306 e. The number of pyridine rings is 2. The molecule has 6 rings (SSSR count). The summed E-state index contributed by atoms with van der Waals surface area (Å²) in [5.41, 5.74) is 2.80. The number of carbonyl (C=O) groups excluding carboxylic acids is 3. The van der Waals surface area contributed by atoms with Crippen LogP contribution in [-0.2, 0) is 6.54 Å². The minimum atomic E-state index is -0.457. The third-order valence-corrected chi connectivity index (χ3v) is 6.15.